The van der Waals surface area contributed by atoms with Crippen LogP contribution in [-0.2, 0) is 16.1 Å². The number of rotatable bonds is 7. The predicted molar refractivity (Wildman–Crippen MR) is 90.9 cm³/mol. The Morgan fingerprint density at radius 3 is 2.83 bits per heavy atom. The molecule has 124 valence electrons. The fourth-order valence-electron chi connectivity index (χ4n) is 2.00. The van der Waals surface area contributed by atoms with Crippen LogP contribution in [0.4, 0.5) is 0 Å². The normalized spacial score (nSPS) is 10.5. The molecule has 0 atom stereocenters. The van der Waals surface area contributed by atoms with Crippen molar-refractivity contribution >= 4 is 17.3 Å². The Bertz CT molecular complexity index is 778. The molecule has 0 aliphatic heterocycles. The lowest BCUT2D eigenvalue weighted by atomic mass is 10.2. The number of carbonyl (C=O) groups excluding carboxylic acids is 1. The number of esters is 1. The van der Waals surface area contributed by atoms with Crippen molar-refractivity contribution in [3.63, 3.8) is 0 Å². The number of ether oxygens (including phenoxy) is 2. The van der Waals surface area contributed by atoms with Crippen LogP contribution >= 0.6 is 11.3 Å². The van der Waals surface area contributed by atoms with Gasteiger partial charge in [0.1, 0.15) is 24.3 Å². The van der Waals surface area contributed by atoms with Gasteiger partial charge in [-0.25, -0.2) is 4.98 Å². The van der Waals surface area contributed by atoms with Crippen molar-refractivity contribution in [1.82, 2.24) is 4.98 Å². The van der Waals surface area contributed by atoms with Gasteiger partial charge in [-0.1, -0.05) is 23.8 Å². The van der Waals surface area contributed by atoms with E-state index in [4.69, 9.17) is 13.9 Å². The van der Waals surface area contributed by atoms with E-state index in [1.54, 1.807) is 11.3 Å². The molecule has 0 aliphatic carbocycles. The predicted octanol–water partition coefficient (Wildman–Crippen LogP) is 4.22. The molecule has 0 N–H and O–H groups in total. The van der Waals surface area contributed by atoms with E-state index in [-0.39, 0.29) is 25.6 Å². The largest absolute Gasteiger partial charge is 0.493 e. The maximum absolute atomic E-state index is 11.7. The molecule has 1 aromatic carbocycles. The summed E-state index contributed by atoms with van der Waals surface area (Å²) in [6, 6.07) is 11.5. The molecule has 0 radical (unpaired) electrons. The molecule has 3 aromatic rings. The van der Waals surface area contributed by atoms with Crippen LogP contribution in [0.2, 0.25) is 0 Å². The molecular formula is C18H17NO4S. The Morgan fingerprint density at radius 2 is 2.08 bits per heavy atom. The number of nitrogens with zero attached hydrogens (tertiary/aromatic N) is 1. The van der Waals surface area contributed by atoms with E-state index in [0.717, 1.165) is 16.2 Å². The summed E-state index contributed by atoms with van der Waals surface area (Å²) in [4.78, 5) is 17.0. The Morgan fingerprint density at radius 1 is 1.25 bits per heavy atom. The average molecular weight is 343 g/mol. The maximum atomic E-state index is 11.7. The van der Waals surface area contributed by atoms with Crippen molar-refractivity contribution in [1.29, 1.82) is 0 Å². The first-order valence-corrected chi connectivity index (χ1v) is 8.42. The SMILES string of the molecule is Cc1ccc(OCCC(=O)OCc2coc(-c3cccs3)n2)cc1. The quantitative estimate of drug-likeness (QED) is 0.601. The van der Waals surface area contributed by atoms with Gasteiger partial charge in [0.25, 0.3) is 0 Å². The summed E-state index contributed by atoms with van der Waals surface area (Å²) >= 11 is 1.54. The fourth-order valence-corrected chi connectivity index (χ4v) is 2.66. The Hall–Kier alpha value is -2.60. The van der Waals surface area contributed by atoms with Crippen molar-refractivity contribution < 1.29 is 18.7 Å². The molecule has 6 heteroatoms. The maximum Gasteiger partial charge on any atom is 0.309 e. The second-order valence-electron chi connectivity index (χ2n) is 5.19. The molecule has 0 spiro atoms. The number of oxazole rings is 1. The summed E-state index contributed by atoms with van der Waals surface area (Å²) in [5.41, 5.74) is 1.75. The lowest BCUT2D eigenvalue weighted by Gasteiger charge is -2.06. The van der Waals surface area contributed by atoms with Gasteiger partial charge in [-0.2, -0.15) is 0 Å². The summed E-state index contributed by atoms with van der Waals surface area (Å²) in [6.07, 6.45) is 1.69. The third-order valence-corrected chi connectivity index (χ3v) is 4.12. The summed E-state index contributed by atoms with van der Waals surface area (Å²) in [5, 5.41) is 1.95. The van der Waals surface area contributed by atoms with Gasteiger partial charge >= 0.3 is 5.97 Å². The number of hydrogen-bond acceptors (Lipinski definition) is 6. The van der Waals surface area contributed by atoms with E-state index >= 15 is 0 Å². The van der Waals surface area contributed by atoms with Gasteiger partial charge in [-0.15, -0.1) is 11.3 Å². The fraction of sp³-hybridized carbons (Fsp3) is 0.222. The number of carbonyl (C=O) groups is 1. The minimum absolute atomic E-state index is 0.0955. The minimum Gasteiger partial charge on any atom is -0.493 e. The first kappa shape index (κ1) is 16.3. The highest BCUT2D eigenvalue weighted by atomic mass is 32.1. The van der Waals surface area contributed by atoms with Crippen molar-refractivity contribution in [3.8, 4) is 16.5 Å². The van der Waals surface area contributed by atoms with Gasteiger partial charge < -0.3 is 13.9 Å². The van der Waals surface area contributed by atoms with Gasteiger partial charge in [0.15, 0.2) is 0 Å². The van der Waals surface area contributed by atoms with Gasteiger partial charge in [-0.3, -0.25) is 4.79 Å². The molecule has 2 aromatic heterocycles. The molecule has 5 nitrogen and oxygen atoms in total. The Labute approximate surface area is 143 Å². The van der Waals surface area contributed by atoms with Crippen LogP contribution < -0.4 is 4.74 Å². The summed E-state index contributed by atoms with van der Waals surface area (Å²) in [5.74, 6) is 0.951. The zero-order valence-corrected chi connectivity index (χ0v) is 14.0. The van der Waals surface area contributed by atoms with Crippen molar-refractivity contribution in [2.24, 2.45) is 0 Å². The van der Waals surface area contributed by atoms with E-state index in [0.29, 0.717) is 11.6 Å². The number of thiophene rings is 1. The summed E-state index contributed by atoms with van der Waals surface area (Å²) < 4.78 is 16.1. The number of hydrogen-bond donors (Lipinski definition) is 0. The van der Waals surface area contributed by atoms with Gasteiger partial charge in [0.05, 0.1) is 17.9 Å². The molecule has 3 rings (SSSR count). The van der Waals surface area contributed by atoms with Crippen LogP contribution in [0.1, 0.15) is 17.7 Å². The van der Waals surface area contributed by atoms with Crippen LogP contribution in [0.15, 0.2) is 52.5 Å². The highest BCUT2D eigenvalue weighted by molar-refractivity contribution is 7.13. The molecule has 2 heterocycles. The van der Waals surface area contributed by atoms with Crippen molar-refractivity contribution in [2.45, 2.75) is 20.0 Å². The van der Waals surface area contributed by atoms with Crippen LogP contribution in [0.3, 0.4) is 0 Å². The molecule has 0 saturated carbocycles. The van der Waals surface area contributed by atoms with Crippen LogP contribution in [0.5, 0.6) is 5.75 Å². The molecule has 0 aliphatic rings. The number of aryl methyl sites for hydroxylation is 1. The zero-order chi connectivity index (χ0) is 16.8. The monoisotopic (exact) mass is 343 g/mol. The average Bonchev–Trinajstić information content (AvgIpc) is 3.26. The lowest BCUT2D eigenvalue weighted by Crippen LogP contribution is -2.10. The second-order valence-corrected chi connectivity index (χ2v) is 6.14. The van der Waals surface area contributed by atoms with E-state index in [1.807, 2.05) is 48.7 Å². The molecule has 0 amide bonds. The molecule has 24 heavy (non-hydrogen) atoms. The standard InChI is InChI=1S/C18H17NO4S/c1-13-4-6-15(7-5-13)21-9-8-17(20)22-11-14-12-23-18(19-14)16-3-2-10-24-16/h2-7,10,12H,8-9,11H2,1H3. The smallest absolute Gasteiger partial charge is 0.309 e. The first-order chi connectivity index (χ1) is 11.7. The van der Waals surface area contributed by atoms with E-state index in [1.165, 1.54) is 6.26 Å². The molecule has 0 unspecified atom stereocenters. The van der Waals surface area contributed by atoms with E-state index in [2.05, 4.69) is 4.98 Å². The van der Waals surface area contributed by atoms with Gasteiger partial charge in [-0.05, 0) is 30.5 Å². The molecule has 0 fully saturated rings. The lowest BCUT2D eigenvalue weighted by molar-refractivity contribution is -0.145. The summed E-state index contributed by atoms with van der Waals surface area (Å²) in [7, 11) is 0. The van der Waals surface area contributed by atoms with Crippen molar-refractivity contribution in [3.05, 3.63) is 59.3 Å². The number of aromatic nitrogens is 1. The molecule has 0 saturated heterocycles. The number of benzene rings is 1. The van der Waals surface area contributed by atoms with E-state index in [9.17, 15) is 4.79 Å². The van der Waals surface area contributed by atoms with Gasteiger partial charge in [0, 0.05) is 0 Å². The van der Waals surface area contributed by atoms with Crippen LogP contribution in [-0.4, -0.2) is 17.6 Å². The Kier molecular flexibility index (Phi) is 5.28. The van der Waals surface area contributed by atoms with Crippen LogP contribution in [0, 0.1) is 6.92 Å². The highest BCUT2D eigenvalue weighted by Gasteiger charge is 2.10. The van der Waals surface area contributed by atoms with Crippen molar-refractivity contribution in [2.75, 3.05) is 6.61 Å². The molecule has 0 bridgehead atoms. The minimum atomic E-state index is -0.331. The third-order valence-electron chi connectivity index (χ3n) is 3.26. The highest BCUT2D eigenvalue weighted by Crippen LogP contribution is 2.23. The van der Waals surface area contributed by atoms with E-state index < -0.39 is 0 Å². The van der Waals surface area contributed by atoms with Crippen LogP contribution in [0.25, 0.3) is 10.8 Å². The second kappa shape index (κ2) is 7.79. The third kappa shape index (κ3) is 4.45. The zero-order valence-electron chi connectivity index (χ0n) is 13.2. The Balaban J connectivity index is 1.40. The molecular weight excluding hydrogens is 326 g/mol. The van der Waals surface area contributed by atoms with Gasteiger partial charge in [0.2, 0.25) is 5.89 Å². The first-order valence-electron chi connectivity index (χ1n) is 7.54. The topological polar surface area (TPSA) is 61.6 Å². The summed E-state index contributed by atoms with van der Waals surface area (Å²) in [6.45, 7) is 2.38.